The van der Waals surface area contributed by atoms with E-state index in [1.54, 1.807) is 18.5 Å². The van der Waals surface area contributed by atoms with E-state index in [4.69, 9.17) is 16.3 Å². The van der Waals surface area contributed by atoms with Gasteiger partial charge in [-0.25, -0.2) is 18.2 Å². The summed E-state index contributed by atoms with van der Waals surface area (Å²) in [6, 6.07) is 4.52. The SMILES string of the molecule is COc1ccc(F)c(Cl)c1[C@@H](c1c[nH]c2ncc(-c3cnn(C4CCNCC4)c3)cc12)C(F)F. The molecule has 3 aromatic heterocycles. The monoisotopic (exact) mass is 489 g/mol. The number of ether oxygens (including phenoxy) is 1. The lowest BCUT2D eigenvalue weighted by Crippen LogP contribution is -2.29. The number of benzene rings is 1. The average molecular weight is 490 g/mol. The van der Waals surface area contributed by atoms with E-state index >= 15 is 0 Å². The second kappa shape index (κ2) is 9.31. The van der Waals surface area contributed by atoms with Crippen molar-refractivity contribution < 1.29 is 17.9 Å². The van der Waals surface area contributed by atoms with Gasteiger partial charge >= 0.3 is 0 Å². The average Bonchev–Trinajstić information content (AvgIpc) is 3.50. The number of nitrogens with one attached hydrogen (secondary N) is 2. The number of halogens is 4. The Kier molecular flexibility index (Phi) is 6.22. The van der Waals surface area contributed by atoms with Crippen molar-refractivity contribution in [1.29, 1.82) is 0 Å². The van der Waals surface area contributed by atoms with Crippen LogP contribution in [0.3, 0.4) is 0 Å². The smallest absolute Gasteiger partial charge is 0.249 e. The summed E-state index contributed by atoms with van der Waals surface area (Å²) in [4.78, 5) is 7.38. The summed E-state index contributed by atoms with van der Waals surface area (Å²) in [5, 5.41) is 7.97. The van der Waals surface area contributed by atoms with E-state index in [1.807, 2.05) is 10.9 Å². The van der Waals surface area contributed by atoms with Gasteiger partial charge in [0.1, 0.15) is 17.2 Å². The topological polar surface area (TPSA) is 67.8 Å². The van der Waals surface area contributed by atoms with Gasteiger partial charge in [0.2, 0.25) is 6.43 Å². The highest BCUT2D eigenvalue weighted by Crippen LogP contribution is 2.44. The van der Waals surface area contributed by atoms with Gasteiger partial charge < -0.3 is 15.0 Å². The minimum atomic E-state index is -2.86. The van der Waals surface area contributed by atoms with Gasteiger partial charge in [0, 0.05) is 40.7 Å². The summed E-state index contributed by atoms with van der Waals surface area (Å²) >= 11 is 6.16. The van der Waals surface area contributed by atoms with Crippen LogP contribution in [0, 0.1) is 5.82 Å². The maximum absolute atomic E-state index is 14.4. The molecule has 4 aromatic rings. The maximum atomic E-state index is 14.4. The minimum Gasteiger partial charge on any atom is -0.496 e. The fourth-order valence-corrected chi connectivity index (χ4v) is 4.90. The molecular weight excluding hydrogens is 467 g/mol. The minimum absolute atomic E-state index is 0.0933. The van der Waals surface area contributed by atoms with Crippen LogP contribution < -0.4 is 10.1 Å². The highest BCUT2D eigenvalue weighted by molar-refractivity contribution is 6.31. The Morgan fingerprint density at radius 1 is 1.18 bits per heavy atom. The Balaban J connectivity index is 1.58. The van der Waals surface area contributed by atoms with E-state index in [-0.39, 0.29) is 21.9 Å². The molecule has 6 nitrogen and oxygen atoms in total. The Bertz CT molecular complexity index is 1320. The van der Waals surface area contributed by atoms with Gasteiger partial charge in [0.15, 0.2) is 0 Å². The molecule has 0 saturated carbocycles. The van der Waals surface area contributed by atoms with E-state index in [0.29, 0.717) is 17.1 Å². The number of piperidine rings is 1. The molecule has 1 aliphatic rings. The van der Waals surface area contributed by atoms with E-state index in [2.05, 4.69) is 20.4 Å². The third-order valence-corrected chi connectivity index (χ3v) is 6.78. The first-order valence-corrected chi connectivity index (χ1v) is 11.4. The quantitative estimate of drug-likeness (QED) is 0.372. The van der Waals surface area contributed by atoms with E-state index in [0.717, 1.165) is 43.1 Å². The summed E-state index contributed by atoms with van der Waals surface area (Å²) < 4.78 is 50.4. The molecule has 0 radical (unpaired) electrons. The molecule has 0 bridgehead atoms. The van der Waals surface area contributed by atoms with Gasteiger partial charge in [-0.1, -0.05) is 11.6 Å². The van der Waals surface area contributed by atoms with Crippen LogP contribution in [-0.4, -0.2) is 46.4 Å². The molecule has 34 heavy (non-hydrogen) atoms. The van der Waals surface area contributed by atoms with Crippen molar-refractivity contribution in [2.24, 2.45) is 0 Å². The number of pyridine rings is 1. The lowest BCUT2D eigenvalue weighted by atomic mass is 9.90. The molecule has 5 rings (SSSR count). The molecule has 10 heteroatoms. The number of rotatable bonds is 6. The first-order valence-electron chi connectivity index (χ1n) is 11.0. The third kappa shape index (κ3) is 4.03. The second-order valence-electron chi connectivity index (χ2n) is 8.34. The molecule has 1 atom stereocenters. The zero-order valence-electron chi connectivity index (χ0n) is 18.4. The molecule has 1 aliphatic heterocycles. The zero-order chi connectivity index (χ0) is 23.8. The summed E-state index contributed by atoms with van der Waals surface area (Å²) in [5.41, 5.74) is 2.20. The summed E-state index contributed by atoms with van der Waals surface area (Å²) in [6.45, 7) is 1.89. The van der Waals surface area contributed by atoms with Gasteiger partial charge in [0.25, 0.3) is 0 Å². The Morgan fingerprint density at radius 3 is 2.71 bits per heavy atom. The van der Waals surface area contributed by atoms with Crippen LogP contribution in [0.1, 0.15) is 35.9 Å². The molecule has 0 spiro atoms. The van der Waals surface area contributed by atoms with Crippen molar-refractivity contribution in [3.63, 3.8) is 0 Å². The molecule has 0 aliphatic carbocycles. The van der Waals surface area contributed by atoms with Gasteiger partial charge in [-0.3, -0.25) is 4.68 Å². The van der Waals surface area contributed by atoms with Crippen molar-refractivity contribution in [3.05, 3.63) is 65.0 Å². The van der Waals surface area contributed by atoms with Crippen LogP contribution in [-0.2, 0) is 0 Å². The molecule has 0 amide bonds. The number of fused-ring (bicyclic) bond motifs is 1. The largest absolute Gasteiger partial charge is 0.496 e. The third-order valence-electron chi connectivity index (χ3n) is 6.39. The van der Waals surface area contributed by atoms with Crippen LogP contribution in [0.15, 0.2) is 43.0 Å². The molecule has 1 saturated heterocycles. The molecule has 1 aromatic carbocycles. The number of aromatic amines is 1. The molecule has 2 N–H and O–H groups in total. The molecular formula is C24H23ClF3N5O. The standard InChI is InChI=1S/C24H23ClF3N5O/c1-34-19-3-2-18(26)22(25)21(19)20(23(27)28)17-11-31-24-16(17)8-13(9-30-24)14-10-32-33(12-14)15-4-6-29-7-5-15/h2-3,8-12,15,20,23,29H,4-7H2,1H3,(H,30,31)/t20-/m1/s1. The molecule has 1 fully saturated rings. The lowest BCUT2D eigenvalue weighted by molar-refractivity contribution is 0.128. The predicted molar refractivity (Wildman–Crippen MR) is 124 cm³/mol. The molecule has 4 heterocycles. The highest BCUT2D eigenvalue weighted by atomic mass is 35.5. The van der Waals surface area contributed by atoms with Crippen molar-refractivity contribution in [1.82, 2.24) is 25.1 Å². The fraction of sp³-hybridized carbons (Fsp3) is 0.333. The molecule has 0 unspecified atom stereocenters. The zero-order valence-corrected chi connectivity index (χ0v) is 19.1. The van der Waals surface area contributed by atoms with Gasteiger partial charge in [0.05, 0.1) is 30.3 Å². The summed E-state index contributed by atoms with van der Waals surface area (Å²) in [7, 11) is 1.34. The normalized spacial score (nSPS) is 15.8. The summed E-state index contributed by atoms with van der Waals surface area (Å²) in [6.07, 6.45) is 5.99. The Morgan fingerprint density at radius 2 is 1.97 bits per heavy atom. The van der Waals surface area contributed by atoms with Crippen LogP contribution in [0.5, 0.6) is 5.75 Å². The maximum Gasteiger partial charge on any atom is 0.249 e. The number of nitrogens with zero attached hydrogens (tertiary/aromatic N) is 3. The van der Waals surface area contributed by atoms with Crippen LogP contribution >= 0.6 is 11.6 Å². The highest BCUT2D eigenvalue weighted by Gasteiger charge is 2.33. The van der Waals surface area contributed by atoms with Crippen molar-refractivity contribution in [2.75, 3.05) is 20.2 Å². The number of methoxy groups -OCH3 is 1. The van der Waals surface area contributed by atoms with Crippen molar-refractivity contribution >= 4 is 22.6 Å². The van der Waals surface area contributed by atoms with E-state index in [9.17, 15) is 13.2 Å². The Hall–Kier alpha value is -3.04. The van der Waals surface area contributed by atoms with E-state index < -0.39 is 18.2 Å². The lowest BCUT2D eigenvalue weighted by Gasteiger charge is -2.22. The molecule has 178 valence electrons. The van der Waals surface area contributed by atoms with Crippen LogP contribution in [0.4, 0.5) is 13.2 Å². The fourth-order valence-electron chi connectivity index (χ4n) is 4.63. The van der Waals surface area contributed by atoms with Crippen LogP contribution in [0.25, 0.3) is 22.2 Å². The van der Waals surface area contributed by atoms with Crippen LogP contribution in [0.2, 0.25) is 5.02 Å². The van der Waals surface area contributed by atoms with Gasteiger partial charge in [-0.05, 0) is 49.7 Å². The second-order valence-corrected chi connectivity index (χ2v) is 8.72. The number of H-pyrrole nitrogens is 1. The van der Waals surface area contributed by atoms with Gasteiger partial charge in [-0.2, -0.15) is 5.10 Å². The number of aromatic nitrogens is 4. The number of hydrogen-bond acceptors (Lipinski definition) is 4. The Labute approximate surface area is 199 Å². The number of hydrogen-bond donors (Lipinski definition) is 2. The first-order chi connectivity index (χ1) is 16.5. The van der Waals surface area contributed by atoms with Crippen molar-refractivity contribution in [3.8, 4) is 16.9 Å². The van der Waals surface area contributed by atoms with Crippen molar-refractivity contribution in [2.45, 2.75) is 31.2 Å². The predicted octanol–water partition coefficient (Wildman–Crippen LogP) is 5.55. The first kappa shape index (κ1) is 22.7. The van der Waals surface area contributed by atoms with E-state index in [1.165, 1.54) is 19.4 Å². The van der Waals surface area contributed by atoms with Gasteiger partial charge in [-0.15, -0.1) is 0 Å². The summed E-state index contributed by atoms with van der Waals surface area (Å²) in [5.74, 6) is -2.20. The number of alkyl halides is 2.